The third-order valence-electron chi connectivity index (χ3n) is 5.43. The van der Waals surface area contributed by atoms with Crippen molar-refractivity contribution >= 4 is 11.6 Å². The summed E-state index contributed by atoms with van der Waals surface area (Å²) in [7, 11) is 0. The van der Waals surface area contributed by atoms with Crippen molar-refractivity contribution in [2.24, 2.45) is 0 Å². The normalized spacial score (nSPS) is 16.7. The first-order chi connectivity index (χ1) is 13.3. The highest BCUT2D eigenvalue weighted by Gasteiger charge is 2.36. The van der Waals surface area contributed by atoms with Crippen molar-refractivity contribution in [1.82, 2.24) is 4.98 Å². The van der Waals surface area contributed by atoms with Gasteiger partial charge in [-0.3, -0.25) is 4.79 Å². The van der Waals surface area contributed by atoms with E-state index in [9.17, 15) is 4.79 Å². The van der Waals surface area contributed by atoms with Crippen molar-refractivity contribution in [2.45, 2.75) is 38.0 Å². The summed E-state index contributed by atoms with van der Waals surface area (Å²) in [6.45, 7) is 0.730. The number of aromatic nitrogens is 1. The molecular formula is C23H22N2O2. The topological polar surface area (TPSA) is 46.3 Å². The fourth-order valence-corrected chi connectivity index (χ4v) is 3.84. The Kier molecular flexibility index (Phi) is 4.04. The third kappa shape index (κ3) is 3.05. The van der Waals surface area contributed by atoms with Gasteiger partial charge in [-0.05, 0) is 55.9 Å². The molecule has 0 saturated heterocycles. The van der Waals surface area contributed by atoms with Crippen LogP contribution in [0.1, 0.15) is 53.4 Å². The van der Waals surface area contributed by atoms with Crippen LogP contribution in [-0.2, 0) is 6.42 Å². The van der Waals surface area contributed by atoms with Crippen LogP contribution in [-0.4, -0.2) is 17.4 Å². The highest BCUT2D eigenvalue weighted by Crippen LogP contribution is 2.44. The summed E-state index contributed by atoms with van der Waals surface area (Å²) in [6, 6.07) is 18.1. The number of hydrogen-bond donors (Lipinski definition) is 0. The average Bonchev–Trinajstić information content (AvgIpc) is 3.50. The molecule has 136 valence electrons. The summed E-state index contributed by atoms with van der Waals surface area (Å²) >= 11 is 0. The number of amides is 1. The van der Waals surface area contributed by atoms with Gasteiger partial charge in [0.15, 0.2) is 5.69 Å². The van der Waals surface area contributed by atoms with Crippen molar-refractivity contribution in [3.63, 3.8) is 0 Å². The number of aryl methyl sites for hydroxylation is 1. The maximum Gasteiger partial charge on any atom is 0.280 e. The first-order valence-electron chi connectivity index (χ1n) is 9.77. The zero-order valence-corrected chi connectivity index (χ0v) is 15.2. The monoisotopic (exact) mass is 358 g/mol. The minimum Gasteiger partial charge on any atom is -0.440 e. The number of hydrogen-bond acceptors (Lipinski definition) is 3. The standard InChI is InChI=1S/C23H22N2O2/c26-23(25-15-7-6-9-16-8-4-5-12-19(16)25)20-21(17-13-14-17)27-22(24-20)18-10-2-1-3-11-18/h1-5,8,10-12,17H,6-7,9,13-15H2. The van der Waals surface area contributed by atoms with Crippen molar-refractivity contribution in [1.29, 1.82) is 0 Å². The smallest absolute Gasteiger partial charge is 0.280 e. The molecule has 1 fully saturated rings. The average molecular weight is 358 g/mol. The van der Waals surface area contributed by atoms with Crippen LogP contribution in [0, 0.1) is 0 Å². The quantitative estimate of drug-likeness (QED) is 0.646. The van der Waals surface area contributed by atoms with Crippen LogP contribution in [0.25, 0.3) is 11.5 Å². The summed E-state index contributed by atoms with van der Waals surface area (Å²) in [4.78, 5) is 20.1. The molecule has 5 rings (SSSR count). The fraction of sp³-hybridized carbons (Fsp3) is 0.304. The van der Waals surface area contributed by atoms with Gasteiger partial charge in [0.2, 0.25) is 5.89 Å². The highest BCUT2D eigenvalue weighted by atomic mass is 16.4. The number of carbonyl (C=O) groups excluding carboxylic acids is 1. The van der Waals surface area contributed by atoms with Gasteiger partial charge in [-0.1, -0.05) is 36.4 Å². The molecule has 0 N–H and O–H groups in total. The van der Waals surface area contributed by atoms with Crippen LogP contribution < -0.4 is 4.90 Å². The van der Waals surface area contributed by atoms with Crippen LogP contribution in [0.15, 0.2) is 59.0 Å². The summed E-state index contributed by atoms with van der Waals surface area (Å²) in [6.07, 6.45) is 5.26. The molecule has 1 saturated carbocycles. The van der Waals surface area contributed by atoms with E-state index >= 15 is 0 Å². The van der Waals surface area contributed by atoms with Gasteiger partial charge >= 0.3 is 0 Å². The number of nitrogens with zero attached hydrogens (tertiary/aromatic N) is 2. The molecule has 0 atom stereocenters. The molecule has 3 aromatic rings. The van der Waals surface area contributed by atoms with Gasteiger partial charge < -0.3 is 9.32 Å². The molecule has 0 bridgehead atoms. The lowest BCUT2D eigenvalue weighted by Crippen LogP contribution is -2.32. The lowest BCUT2D eigenvalue weighted by molar-refractivity contribution is 0.0981. The second-order valence-electron chi connectivity index (χ2n) is 7.41. The molecule has 2 heterocycles. The minimum atomic E-state index is -0.0304. The van der Waals surface area contributed by atoms with E-state index < -0.39 is 0 Å². The molecule has 0 spiro atoms. The predicted molar refractivity (Wildman–Crippen MR) is 105 cm³/mol. The van der Waals surface area contributed by atoms with Crippen molar-refractivity contribution < 1.29 is 9.21 Å². The molecule has 1 aliphatic carbocycles. The Labute approximate surface area is 158 Å². The summed E-state index contributed by atoms with van der Waals surface area (Å²) in [5.41, 5.74) is 3.66. The van der Waals surface area contributed by atoms with Crippen molar-refractivity contribution in [3.05, 3.63) is 71.6 Å². The van der Waals surface area contributed by atoms with Gasteiger partial charge in [0, 0.05) is 23.7 Å². The minimum absolute atomic E-state index is 0.0304. The lowest BCUT2D eigenvalue weighted by atomic mass is 10.1. The third-order valence-corrected chi connectivity index (χ3v) is 5.43. The first kappa shape index (κ1) is 16.3. The molecule has 1 aliphatic heterocycles. The van der Waals surface area contributed by atoms with Gasteiger partial charge in [-0.25, -0.2) is 4.98 Å². The molecule has 0 radical (unpaired) electrons. The Morgan fingerprint density at radius 2 is 1.78 bits per heavy atom. The Hall–Kier alpha value is -2.88. The van der Waals surface area contributed by atoms with E-state index in [1.54, 1.807) is 0 Å². The van der Waals surface area contributed by atoms with E-state index in [0.29, 0.717) is 17.5 Å². The summed E-state index contributed by atoms with van der Waals surface area (Å²) < 4.78 is 6.10. The molecular weight excluding hydrogens is 336 g/mol. The first-order valence-corrected chi connectivity index (χ1v) is 9.77. The van der Waals surface area contributed by atoms with Crippen LogP contribution in [0.2, 0.25) is 0 Å². The number of oxazole rings is 1. The number of rotatable bonds is 3. The van der Waals surface area contributed by atoms with Gasteiger partial charge in [0.1, 0.15) is 5.76 Å². The molecule has 4 nitrogen and oxygen atoms in total. The van der Waals surface area contributed by atoms with Gasteiger partial charge in [0.05, 0.1) is 0 Å². The van der Waals surface area contributed by atoms with E-state index in [1.165, 1.54) is 5.56 Å². The number of fused-ring (bicyclic) bond motifs is 1. The van der Waals surface area contributed by atoms with Gasteiger partial charge in [-0.2, -0.15) is 0 Å². The van der Waals surface area contributed by atoms with Crippen LogP contribution >= 0.6 is 0 Å². The van der Waals surface area contributed by atoms with E-state index in [-0.39, 0.29) is 5.91 Å². The van der Waals surface area contributed by atoms with Gasteiger partial charge in [-0.15, -0.1) is 0 Å². The Morgan fingerprint density at radius 3 is 2.59 bits per heavy atom. The number of anilines is 1. The maximum absolute atomic E-state index is 13.5. The molecule has 27 heavy (non-hydrogen) atoms. The number of benzene rings is 2. The molecule has 1 amide bonds. The van der Waals surface area contributed by atoms with E-state index in [1.807, 2.05) is 53.4 Å². The number of carbonyl (C=O) groups is 1. The van der Waals surface area contributed by atoms with E-state index in [2.05, 4.69) is 11.1 Å². The zero-order chi connectivity index (χ0) is 18.2. The van der Waals surface area contributed by atoms with Crippen LogP contribution in [0.3, 0.4) is 0 Å². The molecule has 2 aliphatic rings. The summed E-state index contributed by atoms with van der Waals surface area (Å²) in [5, 5.41) is 0. The van der Waals surface area contributed by atoms with Crippen LogP contribution in [0.5, 0.6) is 0 Å². The fourth-order valence-electron chi connectivity index (χ4n) is 3.84. The van der Waals surface area contributed by atoms with Crippen molar-refractivity contribution in [2.75, 3.05) is 11.4 Å². The molecule has 0 unspecified atom stereocenters. The second kappa shape index (κ2) is 6.69. The van der Waals surface area contributed by atoms with Crippen molar-refractivity contribution in [3.8, 4) is 11.5 Å². The maximum atomic E-state index is 13.5. The lowest BCUT2D eigenvalue weighted by Gasteiger charge is -2.22. The Balaban J connectivity index is 1.56. The van der Waals surface area contributed by atoms with Gasteiger partial charge in [0.25, 0.3) is 5.91 Å². The van der Waals surface area contributed by atoms with E-state index in [4.69, 9.17) is 4.42 Å². The van der Waals surface area contributed by atoms with Crippen LogP contribution in [0.4, 0.5) is 5.69 Å². The predicted octanol–water partition coefficient (Wildman–Crippen LogP) is 5.20. The SMILES string of the molecule is O=C(c1nc(-c2ccccc2)oc1C1CC1)N1CCCCc2ccccc21. The summed E-state index contributed by atoms with van der Waals surface area (Å²) in [5.74, 6) is 1.61. The molecule has 1 aromatic heterocycles. The second-order valence-corrected chi connectivity index (χ2v) is 7.41. The number of para-hydroxylation sites is 1. The molecule has 2 aromatic carbocycles. The Morgan fingerprint density at radius 1 is 1.00 bits per heavy atom. The zero-order valence-electron chi connectivity index (χ0n) is 15.2. The Bertz CT molecular complexity index is 973. The largest absolute Gasteiger partial charge is 0.440 e. The molecule has 4 heteroatoms. The highest BCUT2D eigenvalue weighted by molar-refractivity contribution is 6.06. The van der Waals surface area contributed by atoms with E-state index in [0.717, 1.165) is 55.7 Å².